The van der Waals surface area contributed by atoms with E-state index in [1.165, 1.54) is 12.8 Å². The number of carboxylic acid groups (broad SMARTS) is 1. The number of carbonyl (C=O) groups is 1. The van der Waals surface area contributed by atoms with Gasteiger partial charge < -0.3 is 14.8 Å². The summed E-state index contributed by atoms with van der Waals surface area (Å²) in [6, 6.07) is 6.76. The van der Waals surface area contributed by atoms with Gasteiger partial charge in [0, 0.05) is 30.1 Å². The van der Waals surface area contributed by atoms with Crippen molar-refractivity contribution in [3.05, 3.63) is 46.6 Å². The van der Waals surface area contributed by atoms with Crippen molar-refractivity contribution in [1.82, 2.24) is 9.97 Å². The number of benzene rings is 1. The first-order chi connectivity index (χ1) is 11.5. The standard InChI is InChI=1S/C18H21N3O2S/c1-12-13(2)19-18(20-16(12)21-9-3-4-10-21)24-11-14-5-7-15(8-6-14)17(22)23/h5-8H,3-4,9-11H2,1-2H3,(H,22,23)/p-1. The average Bonchev–Trinajstić information content (AvgIpc) is 3.10. The highest BCUT2D eigenvalue weighted by Gasteiger charge is 2.18. The molecule has 5 nitrogen and oxygen atoms in total. The average molecular weight is 342 g/mol. The maximum atomic E-state index is 10.8. The topological polar surface area (TPSA) is 69.1 Å². The first-order valence-electron chi connectivity index (χ1n) is 8.08. The molecular weight excluding hydrogens is 322 g/mol. The minimum Gasteiger partial charge on any atom is -0.545 e. The molecule has 1 aliphatic heterocycles. The highest BCUT2D eigenvalue weighted by molar-refractivity contribution is 7.98. The lowest BCUT2D eigenvalue weighted by atomic mass is 10.1. The molecule has 2 heterocycles. The third kappa shape index (κ3) is 3.70. The van der Waals surface area contributed by atoms with Crippen LogP contribution in [0.4, 0.5) is 5.82 Å². The predicted molar refractivity (Wildman–Crippen MR) is 93.3 cm³/mol. The maximum Gasteiger partial charge on any atom is 0.190 e. The Morgan fingerprint density at radius 3 is 2.46 bits per heavy atom. The molecule has 2 aromatic rings. The molecular formula is C18H20N3O2S-. The molecule has 1 aliphatic rings. The fourth-order valence-electron chi connectivity index (χ4n) is 2.77. The van der Waals surface area contributed by atoms with E-state index in [0.29, 0.717) is 5.75 Å². The summed E-state index contributed by atoms with van der Waals surface area (Å²) in [7, 11) is 0. The van der Waals surface area contributed by atoms with Gasteiger partial charge in [-0.05, 0) is 37.8 Å². The summed E-state index contributed by atoms with van der Waals surface area (Å²) < 4.78 is 0. The first kappa shape index (κ1) is 16.8. The van der Waals surface area contributed by atoms with Crippen LogP contribution < -0.4 is 10.0 Å². The van der Waals surface area contributed by atoms with Crippen LogP contribution in [0.25, 0.3) is 0 Å². The predicted octanol–water partition coefficient (Wildman–Crippen LogP) is 2.35. The highest BCUT2D eigenvalue weighted by Crippen LogP contribution is 2.28. The number of rotatable bonds is 5. The minimum atomic E-state index is -1.15. The van der Waals surface area contributed by atoms with E-state index in [1.54, 1.807) is 36.0 Å². The number of aromatic nitrogens is 2. The van der Waals surface area contributed by atoms with Gasteiger partial charge in [-0.25, -0.2) is 9.97 Å². The smallest absolute Gasteiger partial charge is 0.190 e. The van der Waals surface area contributed by atoms with Crippen LogP contribution in [-0.2, 0) is 5.75 Å². The van der Waals surface area contributed by atoms with E-state index < -0.39 is 5.97 Å². The molecule has 0 amide bonds. The van der Waals surface area contributed by atoms with E-state index in [9.17, 15) is 9.90 Å². The fraction of sp³-hybridized carbons (Fsp3) is 0.389. The summed E-state index contributed by atoms with van der Waals surface area (Å²) in [4.78, 5) is 22.5. The third-order valence-electron chi connectivity index (χ3n) is 4.31. The molecule has 1 aromatic carbocycles. The van der Waals surface area contributed by atoms with Crippen LogP contribution in [0, 0.1) is 13.8 Å². The summed E-state index contributed by atoms with van der Waals surface area (Å²) in [5, 5.41) is 11.6. The number of carbonyl (C=O) groups excluding carboxylic acids is 1. The zero-order chi connectivity index (χ0) is 17.1. The van der Waals surface area contributed by atoms with Crippen LogP contribution >= 0.6 is 11.8 Å². The molecule has 1 aromatic heterocycles. The maximum absolute atomic E-state index is 10.8. The Morgan fingerprint density at radius 2 is 1.83 bits per heavy atom. The minimum absolute atomic E-state index is 0.197. The normalized spacial score (nSPS) is 14.2. The second-order valence-electron chi connectivity index (χ2n) is 6.01. The monoisotopic (exact) mass is 342 g/mol. The van der Waals surface area contributed by atoms with Gasteiger partial charge in [0.15, 0.2) is 5.16 Å². The molecule has 3 rings (SSSR count). The second-order valence-corrected chi connectivity index (χ2v) is 6.95. The summed E-state index contributed by atoms with van der Waals surface area (Å²) in [5.41, 5.74) is 3.40. The van der Waals surface area contributed by atoms with Gasteiger partial charge in [-0.1, -0.05) is 36.0 Å². The van der Waals surface area contributed by atoms with Gasteiger partial charge in [0.05, 0.1) is 5.97 Å². The Balaban J connectivity index is 1.73. The first-order valence-corrected chi connectivity index (χ1v) is 9.06. The zero-order valence-corrected chi connectivity index (χ0v) is 14.7. The van der Waals surface area contributed by atoms with Crippen molar-refractivity contribution in [3.8, 4) is 0 Å². The zero-order valence-electron chi connectivity index (χ0n) is 13.9. The van der Waals surface area contributed by atoms with Crippen molar-refractivity contribution >= 4 is 23.5 Å². The Labute approximate surface area is 146 Å². The van der Waals surface area contributed by atoms with Gasteiger partial charge in [0.2, 0.25) is 0 Å². The molecule has 0 atom stereocenters. The van der Waals surface area contributed by atoms with Gasteiger partial charge in [-0.3, -0.25) is 0 Å². The van der Waals surface area contributed by atoms with Crippen LogP contribution in [0.1, 0.15) is 40.0 Å². The van der Waals surface area contributed by atoms with E-state index in [2.05, 4.69) is 16.8 Å². The third-order valence-corrected chi connectivity index (χ3v) is 5.22. The number of carboxylic acids is 1. The van der Waals surface area contributed by atoms with Crippen molar-refractivity contribution in [2.45, 2.75) is 37.6 Å². The van der Waals surface area contributed by atoms with Crippen LogP contribution in [0.5, 0.6) is 0 Å². The molecule has 24 heavy (non-hydrogen) atoms. The molecule has 0 aliphatic carbocycles. The molecule has 0 spiro atoms. The van der Waals surface area contributed by atoms with E-state index in [1.807, 2.05) is 6.92 Å². The Kier molecular flexibility index (Phi) is 5.04. The van der Waals surface area contributed by atoms with Crippen molar-refractivity contribution in [2.75, 3.05) is 18.0 Å². The molecule has 0 saturated carbocycles. The Bertz CT molecular complexity index is 741. The number of aromatic carboxylic acids is 1. The van der Waals surface area contributed by atoms with Crippen molar-refractivity contribution in [3.63, 3.8) is 0 Å². The lowest BCUT2D eigenvalue weighted by Gasteiger charge is -2.20. The molecule has 126 valence electrons. The number of nitrogens with zero attached hydrogens (tertiary/aromatic N) is 3. The molecule has 1 saturated heterocycles. The van der Waals surface area contributed by atoms with Crippen LogP contribution in [0.3, 0.4) is 0 Å². The lowest BCUT2D eigenvalue weighted by Crippen LogP contribution is -2.22. The van der Waals surface area contributed by atoms with Crippen LogP contribution in [-0.4, -0.2) is 29.0 Å². The molecule has 0 bridgehead atoms. The van der Waals surface area contributed by atoms with Crippen molar-refractivity contribution in [2.24, 2.45) is 0 Å². The van der Waals surface area contributed by atoms with Crippen LogP contribution in [0.15, 0.2) is 29.4 Å². The van der Waals surface area contributed by atoms with Crippen LogP contribution in [0.2, 0.25) is 0 Å². The van der Waals surface area contributed by atoms with Gasteiger partial charge in [0.25, 0.3) is 0 Å². The van der Waals surface area contributed by atoms with E-state index >= 15 is 0 Å². The molecule has 0 N–H and O–H groups in total. The number of anilines is 1. The van der Waals surface area contributed by atoms with Crippen molar-refractivity contribution < 1.29 is 9.90 Å². The van der Waals surface area contributed by atoms with Crippen molar-refractivity contribution in [1.29, 1.82) is 0 Å². The Morgan fingerprint density at radius 1 is 1.17 bits per heavy atom. The highest BCUT2D eigenvalue weighted by atomic mass is 32.2. The summed E-state index contributed by atoms with van der Waals surface area (Å²) in [6.07, 6.45) is 2.44. The van der Waals surface area contributed by atoms with Gasteiger partial charge in [0.1, 0.15) is 5.82 Å². The van der Waals surface area contributed by atoms with E-state index in [0.717, 1.165) is 40.9 Å². The lowest BCUT2D eigenvalue weighted by molar-refractivity contribution is -0.255. The summed E-state index contributed by atoms with van der Waals surface area (Å²) in [6.45, 7) is 6.23. The Hall–Kier alpha value is -2.08. The molecule has 6 heteroatoms. The van der Waals surface area contributed by atoms with Gasteiger partial charge in [-0.15, -0.1) is 0 Å². The SMILES string of the molecule is Cc1nc(SCc2ccc(C(=O)[O-])cc2)nc(N2CCCC2)c1C. The van der Waals surface area contributed by atoms with E-state index in [-0.39, 0.29) is 5.56 Å². The van der Waals surface area contributed by atoms with E-state index in [4.69, 9.17) is 4.98 Å². The molecule has 0 radical (unpaired) electrons. The second kappa shape index (κ2) is 7.21. The number of hydrogen-bond acceptors (Lipinski definition) is 6. The summed E-state index contributed by atoms with van der Waals surface area (Å²) in [5.74, 6) is 0.603. The largest absolute Gasteiger partial charge is 0.545 e. The number of aryl methyl sites for hydroxylation is 1. The molecule has 0 unspecified atom stereocenters. The number of thioether (sulfide) groups is 1. The molecule has 1 fully saturated rings. The van der Waals surface area contributed by atoms with Gasteiger partial charge >= 0.3 is 0 Å². The summed E-state index contributed by atoms with van der Waals surface area (Å²) >= 11 is 1.57. The quantitative estimate of drug-likeness (QED) is 0.614. The fourth-order valence-corrected chi connectivity index (χ4v) is 3.62. The van der Waals surface area contributed by atoms with Gasteiger partial charge in [-0.2, -0.15) is 0 Å². The number of hydrogen-bond donors (Lipinski definition) is 0.